The van der Waals surface area contributed by atoms with Gasteiger partial charge in [0.15, 0.2) is 0 Å². The molecule has 0 heterocycles. The van der Waals surface area contributed by atoms with E-state index < -0.39 is 10.5 Å². The van der Waals surface area contributed by atoms with Crippen LogP contribution in [0.5, 0.6) is 0 Å². The number of halogens is 1. The Bertz CT molecular complexity index is 435. The van der Waals surface area contributed by atoms with Crippen LogP contribution in [0.2, 0.25) is 0 Å². The molecule has 0 aliphatic carbocycles. The van der Waals surface area contributed by atoms with Crippen molar-refractivity contribution in [3.05, 3.63) is 38.3 Å². The maximum absolute atomic E-state index is 10.9. The molecule has 18 heavy (non-hydrogen) atoms. The molecule has 1 aromatic carbocycles. The van der Waals surface area contributed by atoms with E-state index in [1.54, 1.807) is 19.1 Å². The monoisotopic (exact) mass is 318 g/mol. The van der Waals surface area contributed by atoms with Gasteiger partial charge in [-0.05, 0) is 19.1 Å². The molecule has 0 saturated carbocycles. The summed E-state index contributed by atoms with van der Waals surface area (Å²) in [7, 11) is 0. The second-order valence-corrected chi connectivity index (χ2v) is 5.18. The van der Waals surface area contributed by atoms with Gasteiger partial charge in [-0.1, -0.05) is 15.9 Å². The van der Waals surface area contributed by atoms with Crippen LogP contribution in [0.3, 0.4) is 0 Å². The van der Waals surface area contributed by atoms with Crippen LogP contribution in [0.1, 0.15) is 12.5 Å². The molecule has 0 amide bonds. The quantitative estimate of drug-likeness (QED) is 0.541. The first kappa shape index (κ1) is 15.0. The zero-order chi connectivity index (χ0) is 13.8. The van der Waals surface area contributed by atoms with Crippen molar-refractivity contribution in [2.75, 3.05) is 13.2 Å². The normalized spacial score (nSPS) is 11.6. The van der Waals surface area contributed by atoms with E-state index in [2.05, 4.69) is 21.2 Å². The molecule has 1 aromatic rings. The van der Waals surface area contributed by atoms with Crippen LogP contribution >= 0.6 is 15.9 Å². The predicted molar refractivity (Wildman–Crippen MR) is 70.2 cm³/mol. The molecule has 100 valence electrons. The molecule has 0 saturated heterocycles. The minimum absolute atomic E-state index is 0.00364. The van der Waals surface area contributed by atoms with Crippen LogP contribution in [0.15, 0.2) is 22.7 Å². The Balaban J connectivity index is 2.90. The van der Waals surface area contributed by atoms with Gasteiger partial charge in [0, 0.05) is 22.6 Å². The Morgan fingerprint density at radius 2 is 2.06 bits per heavy atom. The number of nitro benzene ring substituents is 1. The highest BCUT2D eigenvalue weighted by Gasteiger charge is 2.23. The number of benzene rings is 1. The van der Waals surface area contributed by atoms with Gasteiger partial charge in [0.05, 0.1) is 23.7 Å². The average Bonchev–Trinajstić information content (AvgIpc) is 2.35. The van der Waals surface area contributed by atoms with E-state index in [9.17, 15) is 10.1 Å². The number of nitrogens with zero attached hydrogens (tertiary/aromatic N) is 1. The Kier molecular flexibility index (Phi) is 5.21. The van der Waals surface area contributed by atoms with Gasteiger partial charge in [0.1, 0.15) is 0 Å². The van der Waals surface area contributed by atoms with Crippen LogP contribution < -0.4 is 5.32 Å². The number of rotatable bonds is 6. The van der Waals surface area contributed by atoms with Crippen LogP contribution in [-0.2, 0) is 6.54 Å². The van der Waals surface area contributed by atoms with Crippen molar-refractivity contribution in [2.24, 2.45) is 0 Å². The van der Waals surface area contributed by atoms with Crippen molar-refractivity contribution >= 4 is 21.6 Å². The molecule has 0 radical (unpaired) electrons. The standard InChI is InChI=1S/C11H15BrN2O4/c1-11(6-15,7-16)13-5-8-4-9(12)2-3-10(8)14(17)18/h2-4,13,15-16H,5-7H2,1H3. The fraction of sp³-hybridized carbons (Fsp3) is 0.455. The molecule has 0 spiro atoms. The second-order valence-electron chi connectivity index (χ2n) is 4.26. The van der Waals surface area contributed by atoms with Gasteiger partial charge in [0.25, 0.3) is 5.69 Å². The van der Waals surface area contributed by atoms with E-state index in [1.807, 2.05) is 0 Å². The Morgan fingerprint density at radius 3 is 2.56 bits per heavy atom. The Morgan fingerprint density at radius 1 is 1.44 bits per heavy atom. The lowest BCUT2D eigenvalue weighted by molar-refractivity contribution is -0.385. The third-order valence-corrected chi connectivity index (χ3v) is 3.14. The zero-order valence-electron chi connectivity index (χ0n) is 9.89. The lowest BCUT2D eigenvalue weighted by Crippen LogP contribution is -2.48. The molecule has 0 fully saturated rings. The molecule has 1 rings (SSSR count). The first-order chi connectivity index (χ1) is 8.41. The summed E-state index contributed by atoms with van der Waals surface area (Å²) in [5.74, 6) is 0. The minimum Gasteiger partial charge on any atom is -0.394 e. The molecule has 3 N–H and O–H groups in total. The largest absolute Gasteiger partial charge is 0.394 e. The molecule has 0 aliphatic heterocycles. The van der Waals surface area contributed by atoms with Crippen LogP contribution in [-0.4, -0.2) is 33.9 Å². The SMILES string of the molecule is CC(CO)(CO)NCc1cc(Br)ccc1[N+](=O)[O-]. The lowest BCUT2D eigenvalue weighted by atomic mass is 10.0. The van der Waals surface area contributed by atoms with Gasteiger partial charge in [-0.3, -0.25) is 10.1 Å². The predicted octanol–water partition coefficient (Wildman–Crippen LogP) is 1.19. The Labute approximate surface area is 113 Å². The fourth-order valence-corrected chi connectivity index (χ4v) is 1.75. The number of nitrogens with one attached hydrogen (secondary N) is 1. The second kappa shape index (κ2) is 6.24. The zero-order valence-corrected chi connectivity index (χ0v) is 11.5. The van der Waals surface area contributed by atoms with E-state index in [0.717, 1.165) is 4.47 Å². The van der Waals surface area contributed by atoms with E-state index in [4.69, 9.17) is 10.2 Å². The first-order valence-corrected chi connectivity index (χ1v) is 6.11. The third-order valence-electron chi connectivity index (χ3n) is 2.64. The van der Waals surface area contributed by atoms with E-state index in [1.165, 1.54) is 6.07 Å². The summed E-state index contributed by atoms with van der Waals surface area (Å²) < 4.78 is 0.736. The molecule has 0 bridgehead atoms. The number of hydrogen-bond acceptors (Lipinski definition) is 5. The van der Waals surface area contributed by atoms with Crippen molar-refractivity contribution in [3.8, 4) is 0 Å². The highest BCUT2D eigenvalue weighted by atomic mass is 79.9. The summed E-state index contributed by atoms with van der Waals surface area (Å²) in [5.41, 5.74) is -0.373. The van der Waals surface area contributed by atoms with E-state index >= 15 is 0 Å². The molecule has 0 aliphatic rings. The highest BCUT2D eigenvalue weighted by molar-refractivity contribution is 9.10. The summed E-state index contributed by atoms with van der Waals surface area (Å²) in [4.78, 5) is 10.4. The van der Waals surface area contributed by atoms with Crippen LogP contribution in [0.25, 0.3) is 0 Å². The maximum atomic E-state index is 10.9. The Hall–Kier alpha value is -1.02. The fourth-order valence-electron chi connectivity index (χ4n) is 1.34. The number of aliphatic hydroxyl groups excluding tert-OH is 2. The minimum atomic E-state index is -0.865. The number of nitro groups is 1. The number of hydrogen-bond donors (Lipinski definition) is 3. The summed E-state index contributed by atoms with van der Waals surface area (Å²) in [6.45, 7) is 1.31. The van der Waals surface area contributed by atoms with Crippen molar-refractivity contribution in [2.45, 2.75) is 19.0 Å². The molecule has 0 unspecified atom stereocenters. The van der Waals surface area contributed by atoms with Gasteiger partial charge >= 0.3 is 0 Å². The van der Waals surface area contributed by atoms with Gasteiger partial charge in [-0.25, -0.2) is 0 Å². The summed E-state index contributed by atoms with van der Waals surface area (Å²) >= 11 is 3.25. The maximum Gasteiger partial charge on any atom is 0.273 e. The highest BCUT2D eigenvalue weighted by Crippen LogP contribution is 2.23. The average molecular weight is 319 g/mol. The lowest BCUT2D eigenvalue weighted by Gasteiger charge is -2.26. The van der Waals surface area contributed by atoms with Gasteiger partial charge in [0.2, 0.25) is 0 Å². The van der Waals surface area contributed by atoms with Crippen LogP contribution in [0.4, 0.5) is 5.69 Å². The smallest absolute Gasteiger partial charge is 0.273 e. The van der Waals surface area contributed by atoms with Gasteiger partial charge < -0.3 is 15.5 Å². The molecule has 7 heteroatoms. The molecule has 6 nitrogen and oxygen atoms in total. The van der Waals surface area contributed by atoms with Crippen LogP contribution in [0, 0.1) is 10.1 Å². The summed E-state index contributed by atoms with van der Waals surface area (Å²) in [5, 5.41) is 32.0. The molecule has 0 atom stereocenters. The molecular weight excluding hydrogens is 304 g/mol. The van der Waals surface area contributed by atoms with Gasteiger partial charge in [-0.2, -0.15) is 0 Å². The van der Waals surface area contributed by atoms with E-state index in [-0.39, 0.29) is 25.4 Å². The van der Waals surface area contributed by atoms with Crippen molar-refractivity contribution in [1.82, 2.24) is 5.32 Å². The first-order valence-electron chi connectivity index (χ1n) is 5.31. The summed E-state index contributed by atoms with van der Waals surface area (Å²) in [6.07, 6.45) is 0. The van der Waals surface area contributed by atoms with E-state index in [0.29, 0.717) is 5.56 Å². The molecular formula is C11H15BrN2O4. The van der Waals surface area contributed by atoms with Crippen molar-refractivity contribution < 1.29 is 15.1 Å². The number of aliphatic hydroxyl groups is 2. The summed E-state index contributed by atoms with van der Waals surface area (Å²) in [6, 6.07) is 4.65. The van der Waals surface area contributed by atoms with Gasteiger partial charge in [-0.15, -0.1) is 0 Å². The van der Waals surface area contributed by atoms with Crippen molar-refractivity contribution in [3.63, 3.8) is 0 Å². The third kappa shape index (κ3) is 3.74. The van der Waals surface area contributed by atoms with Crippen molar-refractivity contribution in [1.29, 1.82) is 0 Å². The topological polar surface area (TPSA) is 95.6 Å². The molecule has 0 aromatic heterocycles.